The van der Waals surface area contributed by atoms with E-state index in [9.17, 15) is 19.8 Å². The molecular formula is C46H57N5O7S2Si. The van der Waals surface area contributed by atoms with E-state index >= 15 is 0 Å². The number of nitrogens with one attached hydrogen (secondary N) is 2. The summed E-state index contributed by atoms with van der Waals surface area (Å²) in [5.41, 5.74) is 1.55. The van der Waals surface area contributed by atoms with Crippen molar-refractivity contribution in [3.63, 3.8) is 0 Å². The molecule has 12 nitrogen and oxygen atoms in total. The molecule has 0 aliphatic heterocycles. The van der Waals surface area contributed by atoms with Gasteiger partial charge >= 0.3 is 5.97 Å². The van der Waals surface area contributed by atoms with E-state index in [0.717, 1.165) is 60.7 Å². The van der Waals surface area contributed by atoms with Crippen molar-refractivity contribution in [3.05, 3.63) is 121 Å². The first-order valence-electron chi connectivity index (χ1n) is 21.0. The summed E-state index contributed by atoms with van der Waals surface area (Å²) in [6.45, 7) is 13.1. The lowest BCUT2D eigenvalue weighted by atomic mass is 9.90. The molecule has 0 unspecified atom stereocenters. The lowest BCUT2D eigenvalue weighted by molar-refractivity contribution is -0.170. The van der Waals surface area contributed by atoms with Gasteiger partial charge in [-0.05, 0) is 110 Å². The van der Waals surface area contributed by atoms with E-state index in [1.807, 2.05) is 53.2 Å². The summed E-state index contributed by atoms with van der Waals surface area (Å²) >= 11 is 2.84. The van der Waals surface area contributed by atoms with Crippen molar-refractivity contribution >= 4 is 47.9 Å². The molecule has 1 aliphatic carbocycles. The largest absolute Gasteiger partial charge is 0.506 e. The number of hydrogen-bond acceptors (Lipinski definition) is 12. The van der Waals surface area contributed by atoms with Gasteiger partial charge in [0.05, 0.1) is 27.5 Å². The number of rotatable bonds is 18. The van der Waals surface area contributed by atoms with Gasteiger partial charge in [-0.1, -0.05) is 68.4 Å². The van der Waals surface area contributed by atoms with Crippen LogP contribution in [0.4, 0.5) is 0 Å². The van der Waals surface area contributed by atoms with E-state index in [4.69, 9.17) is 18.7 Å². The molecule has 15 heteroatoms. The second kappa shape index (κ2) is 18.9. The Balaban J connectivity index is 0.895. The van der Waals surface area contributed by atoms with Crippen LogP contribution in [-0.2, 0) is 32.5 Å². The monoisotopic (exact) mass is 883 g/mol. The fourth-order valence-corrected chi connectivity index (χ4v) is 10.9. The average Bonchev–Trinajstić information content (AvgIpc) is 4.05. The van der Waals surface area contributed by atoms with Gasteiger partial charge in [-0.3, -0.25) is 4.79 Å². The molecule has 2 aromatic carbocycles. The van der Waals surface area contributed by atoms with Crippen molar-refractivity contribution in [2.75, 3.05) is 20.1 Å². The van der Waals surface area contributed by atoms with Crippen LogP contribution in [0.15, 0.2) is 92.9 Å². The first-order valence-corrected chi connectivity index (χ1v) is 25.7. The maximum Gasteiger partial charge on any atom is 0.347 e. The van der Waals surface area contributed by atoms with Gasteiger partial charge in [0.2, 0.25) is 22.9 Å². The highest BCUT2D eigenvalue weighted by Gasteiger charge is 2.48. The number of carboxylic acids is 1. The van der Waals surface area contributed by atoms with Gasteiger partial charge in [0.1, 0.15) is 5.75 Å². The van der Waals surface area contributed by atoms with Crippen LogP contribution in [0, 0.1) is 0 Å². The molecular weight excluding hydrogens is 827 g/mol. The van der Waals surface area contributed by atoms with Crippen molar-refractivity contribution in [1.29, 1.82) is 0 Å². The molecule has 0 saturated heterocycles. The molecule has 0 bridgehead atoms. The first-order chi connectivity index (χ1) is 29.1. The highest BCUT2D eigenvalue weighted by molar-refractivity contribution is 7.12. The summed E-state index contributed by atoms with van der Waals surface area (Å²) in [6, 6.07) is 22.8. The Morgan fingerprint density at radius 1 is 1.00 bits per heavy atom. The second-order valence-corrected chi connectivity index (χ2v) is 24.2. The third-order valence-corrected chi connectivity index (χ3v) is 18.8. The smallest absolute Gasteiger partial charge is 0.347 e. The van der Waals surface area contributed by atoms with Crippen LogP contribution in [0.3, 0.4) is 0 Å². The van der Waals surface area contributed by atoms with Crippen molar-refractivity contribution < 1.29 is 28.7 Å². The van der Waals surface area contributed by atoms with Crippen LogP contribution >= 0.6 is 22.7 Å². The van der Waals surface area contributed by atoms with E-state index in [-0.39, 0.29) is 28.6 Å². The van der Waals surface area contributed by atoms with E-state index in [2.05, 4.69) is 73.4 Å². The number of pyridine rings is 1. The number of carboxylic acid groups (broad SMARTS) is 1. The van der Waals surface area contributed by atoms with Crippen LogP contribution in [0.25, 0.3) is 22.3 Å². The molecule has 1 saturated carbocycles. The summed E-state index contributed by atoms with van der Waals surface area (Å²) in [5.74, 6) is 0.226. The Kier molecular flexibility index (Phi) is 13.8. The normalized spacial score (nSPS) is 17.0. The summed E-state index contributed by atoms with van der Waals surface area (Å²) in [4.78, 5) is 36.2. The quantitative estimate of drug-likeness (QED) is 0.0609. The van der Waals surface area contributed by atoms with Crippen LogP contribution in [0.5, 0.6) is 5.75 Å². The zero-order valence-electron chi connectivity index (χ0n) is 35.8. The summed E-state index contributed by atoms with van der Waals surface area (Å²) in [7, 11) is -0.0496. The molecule has 4 N–H and O–H groups in total. The zero-order valence-corrected chi connectivity index (χ0v) is 38.4. The number of aliphatic carboxylic acids is 1. The molecule has 7 rings (SSSR count). The fourth-order valence-electron chi connectivity index (χ4n) is 7.85. The number of carbonyl (C=O) groups is 1. The number of benzene rings is 2. The SMILES string of the molecule is CN(CCCc1nc(-c2ccc(CNC[C@H](O[Si](C)(C)C(C)(C)C)c3ccc(O)c4[nH]c(=O)ccc34)cc2)no1)[C@H]1CC[C@H](OC(C(=O)O)(c2cccs2)c2cccs2)CC1. The predicted molar refractivity (Wildman–Crippen MR) is 244 cm³/mol. The number of aromatic hydroxyl groups is 1. The average molecular weight is 884 g/mol. The maximum atomic E-state index is 12.8. The lowest BCUT2D eigenvalue weighted by Crippen LogP contribution is -2.44. The molecule has 1 aliphatic rings. The molecule has 0 radical (unpaired) electrons. The fraction of sp³-hybridized carbons (Fsp3) is 0.435. The second-order valence-electron chi connectivity index (χ2n) is 17.6. The first kappa shape index (κ1) is 44.6. The third-order valence-electron chi connectivity index (χ3n) is 12.4. The highest BCUT2D eigenvalue weighted by Crippen LogP contribution is 2.43. The number of ether oxygens (including phenoxy) is 1. The number of aromatic nitrogens is 3. The Morgan fingerprint density at radius 3 is 2.31 bits per heavy atom. The number of thiophene rings is 2. The molecule has 6 aromatic rings. The number of aromatic amines is 1. The molecule has 61 heavy (non-hydrogen) atoms. The van der Waals surface area contributed by atoms with Crippen LogP contribution in [0.1, 0.15) is 85.8 Å². The Hall–Kier alpha value is -4.48. The van der Waals surface area contributed by atoms with E-state index in [1.165, 1.54) is 28.7 Å². The van der Waals surface area contributed by atoms with Gasteiger partial charge in [-0.2, -0.15) is 4.98 Å². The minimum atomic E-state index is -2.20. The number of phenolic OH excluding ortho intramolecular Hbond substituents is 1. The van der Waals surface area contributed by atoms with Crippen LogP contribution in [-0.4, -0.2) is 76.8 Å². The van der Waals surface area contributed by atoms with E-state index in [1.54, 1.807) is 12.1 Å². The summed E-state index contributed by atoms with van der Waals surface area (Å²) in [6.07, 6.45) is 4.57. The zero-order chi connectivity index (χ0) is 43.4. The van der Waals surface area contributed by atoms with Gasteiger partial charge in [-0.15, -0.1) is 22.7 Å². The molecule has 4 heterocycles. The standard InChI is InChI=1S/C46H57N5O7S2Si/c1-45(2,3)61(5,6)58-37(34-21-23-36(52)42-35(34)22-24-40(53)48-42)29-47-28-30-13-15-31(16-14-30)43-49-41(57-50-43)12-7-25-51(4)32-17-19-33(20-18-32)56-46(44(54)55,38-10-8-26-59-38)39-11-9-27-60-39/h8-11,13-16,21-24,26-27,32-33,37,47,52H,7,12,17-20,25,28-29H2,1-6H3,(H,48,53)(H,54,55)/t32-,33-,37-/m0/s1. The molecule has 4 aromatic heterocycles. The third kappa shape index (κ3) is 10.1. The van der Waals surface area contributed by atoms with Crippen molar-refractivity contribution in [3.8, 4) is 17.1 Å². The summed E-state index contributed by atoms with van der Waals surface area (Å²) in [5, 5.41) is 33.5. The van der Waals surface area contributed by atoms with Crippen molar-refractivity contribution in [1.82, 2.24) is 25.3 Å². The van der Waals surface area contributed by atoms with E-state index in [0.29, 0.717) is 52.5 Å². The van der Waals surface area contributed by atoms with Crippen molar-refractivity contribution in [2.24, 2.45) is 0 Å². The summed E-state index contributed by atoms with van der Waals surface area (Å²) < 4.78 is 19.2. The van der Waals surface area contributed by atoms with Gasteiger partial charge in [0.25, 0.3) is 0 Å². The van der Waals surface area contributed by atoms with Crippen LogP contribution in [0.2, 0.25) is 18.1 Å². The van der Waals surface area contributed by atoms with Crippen molar-refractivity contribution in [2.45, 2.75) is 108 Å². The van der Waals surface area contributed by atoms with Gasteiger partial charge < -0.3 is 39.1 Å². The number of nitrogens with zero attached hydrogens (tertiary/aromatic N) is 3. The molecule has 0 amide bonds. The molecule has 0 spiro atoms. The predicted octanol–water partition coefficient (Wildman–Crippen LogP) is 9.48. The van der Waals surface area contributed by atoms with E-state index < -0.39 is 19.9 Å². The van der Waals surface area contributed by atoms with Crippen LogP contribution < -0.4 is 10.9 Å². The highest BCUT2D eigenvalue weighted by atomic mass is 32.1. The Bertz CT molecular complexity index is 2380. The maximum absolute atomic E-state index is 12.8. The topological polar surface area (TPSA) is 163 Å². The van der Waals surface area contributed by atoms with Gasteiger partial charge in [-0.25, -0.2) is 4.79 Å². The minimum Gasteiger partial charge on any atom is -0.506 e. The number of H-pyrrole nitrogens is 1. The Morgan fingerprint density at radius 2 is 1.69 bits per heavy atom. The number of fused-ring (bicyclic) bond motifs is 1. The van der Waals surface area contributed by atoms with Gasteiger partial charge in [0, 0.05) is 42.6 Å². The number of hydrogen-bond donors (Lipinski definition) is 4. The minimum absolute atomic E-state index is 0.0132. The number of aryl methyl sites for hydroxylation is 1. The molecule has 1 atom stereocenters. The molecule has 1 fully saturated rings. The van der Waals surface area contributed by atoms with Gasteiger partial charge in [0.15, 0.2) is 8.32 Å². The Labute approximate surface area is 366 Å². The molecule has 324 valence electrons. The number of phenols is 1. The lowest BCUT2D eigenvalue weighted by Gasteiger charge is -2.39.